The summed E-state index contributed by atoms with van der Waals surface area (Å²) >= 11 is 1.32. The third kappa shape index (κ3) is 4.17. The Morgan fingerprint density at radius 1 is 1.14 bits per heavy atom. The minimum atomic E-state index is -0.238. The van der Waals surface area contributed by atoms with Crippen molar-refractivity contribution in [3.8, 4) is 11.5 Å². The minimum absolute atomic E-state index is 0.125. The fraction of sp³-hybridized carbons (Fsp3) is 0.143. The van der Waals surface area contributed by atoms with Gasteiger partial charge >= 0.3 is 0 Å². The molecule has 0 aliphatic heterocycles. The molecule has 0 radical (unpaired) electrons. The number of carbonyl (C=O) groups is 2. The van der Waals surface area contributed by atoms with Crippen molar-refractivity contribution in [3.05, 3.63) is 64.9 Å². The van der Waals surface area contributed by atoms with Gasteiger partial charge in [-0.2, -0.15) is 0 Å². The molecule has 0 spiro atoms. The summed E-state index contributed by atoms with van der Waals surface area (Å²) in [6.07, 6.45) is 0. The first kappa shape index (κ1) is 18.8. The highest BCUT2D eigenvalue weighted by Crippen LogP contribution is 2.27. The minimum Gasteiger partial charge on any atom is -0.458 e. The van der Waals surface area contributed by atoms with E-state index in [4.69, 9.17) is 4.42 Å². The molecular formula is C21H18N4O3S. The number of para-hydroxylation sites is 1. The molecule has 0 bridgehead atoms. The van der Waals surface area contributed by atoms with Crippen LogP contribution in [0.1, 0.15) is 28.7 Å². The van der Waals surface area contributed by atoms with Crippen LogP contribution in [0.3, 0.4) is 0 Å². The topological polar surface area (TPSA) is 97.1 Å². The van der Waals surface area contributed by atoms with E-state index in [1.807, 2.05) is 36.6 Å². The smallest absolute Gasteiger partial charge is 0.258 e. The van der Waals surface area contributed by atoms with Gasteiger partial charge in [0.15, 0.2) is 10.9 Å². The molecule has 0 aliphatic carbocycles. The summed E-state index contributed by atoms with van der Waals surface area (Å²) in [6, 6.07) is 12.9. The van der Waals surface area contributed by atoms with Crippen LogP contribution in [0.4, 0.5) is 5.13 Å². The Morgan fingerprint density at radius 2 is 1.97 bits per heavy atom. The highest BCUT2D eigenvalue weighted by atomic mass is 32.1. The number of hydrogen-bond acceptors (Lipinski definition) is 6. The Hall–Kier alpha value is -3.52. The van der Waals surface area contributed by atoms with E-state index in [0.29, 0.717) is 34.5 Å². The molecule has 4 aromatic rings. The Bertz CT molecular complexity index is 1210. The average molecular weight is 406 g/mol. The predicted molar refractivity (Wildman–Crippen MR) is 112 cm³/mol. The van der Waals surface area contributed by atoms with Crippen LogP contribution in [0.5, 0.6) is 0 Å². The van der Waals surface area contributed by atoms with Crippen molar-refractivity contribution in [2.75, 3.05) is 5.32 Å². The lowest BCUT2D eigenvalue weighted by Gasteiger charge is -2.07. The van der Waals surface area contributed by atoms with Gasteiger partial charge < -0.3 is 9.73 Å². The van der Waals surface area contributed by atoms with Crippen molar-refractivity contribution in [1.29, 1.82) is 0 Å². The molecule has 7 nitrogen and oxygen atoms in total. The van der Waals surface area contributed by atoms with Crippen LogP contribution >= 0.6 is 11.3 Å². The molecule has 0 unspecified atom stereocenters. The molecule has 0 fully saturated rings. The first-order chi connectivity index (χ1) is 14.0. The Kier molecular flexibility index (Phi) is 5.09. The lowest BCUT2D eigenvalue weighted by molar-refractivity contribution is -0.119. The first-order valence-electron chi connectivity index (χ1n) is 8.96. The van der Waals surface area contributed by atoms with Crippen LogP contribution in [0, 0.1) is 6.92 Å². The third-order valence-corrected chi connectivity index (χ3v) is 5.00. The maximum Gasteiger partial charge on any atom is 0.258 e. The summed E-state index contributed by atoms with van der Waals surface area (Å²) in [4.78, 5) is 32.8. The van der Waals surface area contributed by atoms with Gasteiger partial charge in [0.25, 0.3) is 5.91 Å². The van der Waals surface area contributed by atoms with Crippen LogP contribution in [-0.4, -0.2) is 21.8 Å². The van der Waals surface area contributed by atoms with Gasteiger partial charge in [0.1, 0.15) is 11.5 Å². The molecule has 0 aliphatic rings. The van der Waals surface area contributed by atoms with Crippen molar-refractivity contribution < 1.29 is 14.0 Å². The molecule has 0 saturated carbocycles. The van der Waals surface area contributed by atoms with E-state index in [-0.39, 0.29) is 11.8 Å². The number of hydrogen-bond donors (Lipinski definition) is 2. The summed E-state index contributed by atoms with van der Waals surface area (Å²) in [5.41, 5.74) is 2.73. The number of aryl methyl sites for hydroxylation is 1. The van der Waals surface area contributed by atoms with Gasteiger partial charge in [0.2, 0.25) is 5.91 Å². The fourth-order valence-electron chi connectivity index (χ4n) is 2.93. The van der Waals surface area contributed by atoms with E-state index >= 15 is 0 Å². The number of anilines is 1. The van der Waals surface area contributed by atoms with Crippen molar-refractivity contribution >= 4 is 39.2 Å². The molecule has 4 rings (SSSR count). The highest BCUT2D eigenvalue weighted by Gasteiger charge is 2.15. The zero-order valence-electron chi connectivity index (χ0n) is 15.9. The van der Waals surface area contributed by atoms with Gasteiger partial charge in [-0.1, -0.05) is 18.2 Å². The third-order valence-electron chi connectivity index (χ3n) is 4.24. The molecule has 29 heavy (non-hydrogen) atoms. The summed E-state index contributed by atoms with van der Waals surface area (Å²) in [6.45, 7) is 3.63. The largest absolute Gasteiger partial charge is 0.458 e. The number of furan rings is 1. The SMILES string of the molecule is CC(=O)NCc1ccc(-c2csc(NC(=O)c3cc(C)nc4ccccc34)n2)o1. The number of carbonyl (C=O) groups excluding carboxylic acids is 2. The average Bonchev–Trinajstić information content (AvgIpc) is 3.35. The summed E-state index contributed by atoms with van der Waals surface area (Å²) in [5, 5.41) is 8.62. The lowest BCUT2D eigenvalue weighted by Crippen LogP contribution is -2.18. The number of benzene rings is 1. The molecule has 2 N–H and O–H groups in total. The summed E-state index contributed by atoms with van der Waals surface area (Å²) in [7, 11) is 0. The van der Waals surface area contributed by atoms with Crippen LogP contribution < -0.4 is 10.6 Å². The monoisotopic (exact) mass is 406 g/mol. The van der Waals surface area contributed by atoms with Crippen molar-refractivity contribution in [1.82, 2.24) is 15.3 Å². The number of pyridine rings is 1. The predicted octanol–water partition coefficient (Wildman–Crippen LogP) is 4.15. The summed E-state index contributed by atoms with van der Waals surface area (Å²) < 4.78 is 5.70. The van der Waals surface area contributed by atoms with E-state index in [2.05, 4.69) is 20.6 Å². The molecule has 2 amide bonds. The lowest BCUT2D eigenvalue weighted by atomic mass is 10.1. The molecule has 1 aromatic carbocycles. The second-order valence-corrected chi connectivity index (χ2v) is 7.35. The fourth-order valence-corrected chi connectivity index (χ4v) is 3.62. The number of thiazole rings is 1. The van der Waals surface area contributed by atoms with E-state index in [0.717, 1.165) is 16.6 Å². The maximum atomic E-state index is 12.8. The number of amides is 2. The highest BCUT2D eigenvalue weighted by molar-refractivity contribution is 7.14. The van der Waals surface area contributed by atoms with E-state index in [9.17, 15) is 9.59 Å². The zero-order chi connectivity index (χ0) is 20.4. The van der Waals surface area contributed by atoms with Gasteiger partial charge in [-0.3, -0.25) is 19.9 Å². The first-order valence-corrected chi connectivity index (χ1v) is 9.84. The summed E-state index contributed by atoms with van der Waals surface area (Å²) in [5.74, 6) is 0.846. The van der Waals surface area contributed by atoms with Gasteiger partial charge in [-0.05, 0) is 31.2 Å². The molecule has 3 heterocycles. The number of fused-ring (bicyclic) bond motifs is 1. The molecular weight excluding hydrogens is 388 g/mol. The molecule has 0 atom stereocenters. The Labute approximate surface area is 170 Å². The zero-order valence-corrected chi connectivity index (χ0v) is 16.7. The molecule has 3 aromatic heterocycles. The van der Waals surface area contributed by atoms with Gasteiger partial charge in [0, 0.05) is 23.4 Å². The Morgan fingerprint density at radius 3 is 2.79 bits per heavy atom. The second-order valence-electron chi connectivity index (χ2n) is 6.50. The van der Waals surface area contributed by atoms with E-state index in [1.54, 1.807) is 18.2 Å². The maximum absolute atomic E-state index is 12.8. The number of aromatic nitrogens is 2. The van der Waals surface area contributed by atoms with Crippen molar-refractivity contribution in [2.45, 2.75) is 20.4 Å². The van der Waals surface area contributed by atoms with Gasteiger partial charge in [0.05, 0.1) is 17.6 Å². The molecule has 8 heteroatoms. The second kappa shape index (κ2) is 7.84. The Balaban J connectivity index is 1.53. The molecule has 0 saturated heterocycles. The van der Waals surface area contributed by atoms with E-state index in [1.165, 1.54) is 18.3 Å². The van der Waals surface area contributed by atoms with Crippen molar-refractivity contribution in [2.24, 2.45) is 0 Å². The van der Waals surface area contributed by atoms with Crippen LogP contribution in [-0.2, 0) is 11.3 Å². The van der Waals surface area contributed by atoms with Crippen LogP contribution in [0.15, 0.2) is 52.3 Å². The standard InChI is InChI=1S/C21H18N4O3S/c1-12-9-16(15-5-3-4-6-17(15)23-12)20(27)25-21-24-18(11-29-21)19-8-7-14(28-19)10-22-13(2)26/h3-9,11H,10H2,1-2H3,(H,22,26)(H,24,25,27). The van der Waals surface area contributed by atoms with E-state index < -0.39 is 0 Å². The van der Waals surface area contributed by atoms with Gasteiger partial charge in [-0.25, -0.2) is 4.98 Å². The number of rotatable bonds is 5. The quantitative estimate of drug-likeness (QED) is 0.519. The van der Waals surface area contributed by atoms with Crippen LogP contribution in [0.2, 0.25) is 0 Å². The number of nitrogens with one attached hydrogen (secondary N) is 2. The van der Waals surface area contributed by atoms with Crippen molar-refractivity contribution in [3.63, 3.8) is 0 Å². The molecule has 146 valence electrons. The normalized spacial score (nSPS) is 10.8. The van der Waals surface area contributed by atoms with Gasteiger partial charge in [-0.15, -0.1) is 11.3 Å². The number of nitrogens with zero attached hydrogens (tertiary/aromatic N) is 2. The van der Waals surface area contributed by atoms with Crippen LogP contribution in [0.25, 0.3) is 22.4 Å².